The van der Waals surface area contributed by atoms with E-state index in [1.807, 2.05) is 37.3 Å². The monoisotopic (exact) mass is 274 g/mol. The van der Waals surface area contributed by atoms with Crippen LogP contribution >= 0.6 is 0 Å². The lowest BCUT2D eigenvalue weighted by Crippen LogP contribution is -2.28. The van der Waals surface area contributed by atoms with Crippen molar-refractivity contribution in [2.75, 3.05) is 7.11 Å². The van der Waals surface area contributed by atoms with Gasteiger partial charge in [0.1, 0.15) is 11.6 Å². The molecule has 2 aromatic rings. The summed E-state index contributed by atoms with van der Waals surface area (Å²) >= 11 is 0. The minimum Gasteiger partial charge on any atom is -0.496 e. The number of ether oxygens (including phenoxy) is 1. The highest BCUT2D eigenvalue weighted by Gasteiger charge is 2.31. The van der Waals surface area contributed by atoms with Gasteiger partial charge in [-0.2, -0.15) is 0 Å². The molecular weight excluding hydrogens is 255 g/mol. The zero-order chi connectivity index (χ0) is 14.6. The van der Waals surface area contributed by atoms with Crippen LogP contribution in [0.4, 0.5) is 4.39 Å². The van der Waals surface area contributed by atoms with Crippen LogP contribution in [0, 0.1) is 5.82 Å². The van der Waals surface area contributed by atoms with Crippen LogP contribution in [0.2, 0.25) is 0 Å². The fraction of sp³-hybridized carbons (Fsp3) is 0.294. The Labute approximate surface area is 118 Å². The Hall–Kier alpha value is -1.87. The quantitative estimate of drug-likeness (QED) is 0.901. The number of aliphatic hydroxyl groups is 1. The summed E-state index contributed by atoms with van der Waals surface area (Å²) in [5.41, 5.74) is 0.351. The number of rotatable bonds is 5. The van der Waals surface area contributed by atoms with Crippen LogP contribution in [-0.4, -0.2) is 12.2 Å². The molecule has 0 aliphatic carbocycles. The maximum atomic E-state index is 13.5. The Morgan fingerprint density at radius 3 is 2.45 bits per heavy atom. The summed E-state index contributed by atoms with van der Waals surface area (Å²) in [7, 11) is 1.52. The summed E-state index contributed by atoms with van der Waals surface area (Å²) < 4.78 is 18.8. The zero-order valence-corrected chi connectivity index (χ0v) is 11.8. The Kier molecular flexibility index (Phi) is 4.40. The third-order valence-electron chi connectivity index (χ3n) is 3.59. The van der Waals surface area contributed by atoms with Crippen molar-refractivity contribution in [3.63, 3.8) is 0 Å². The van der Waals surface area contributed by atoms with Crippen LogP contribution in [0.3, 0.4) is 0 Å². The predicted molar refractivity (Wildman–Crippen MR) is 77.3 cm³/mol. The molecule has 0 aliphatic rings. The minimum absolute atomic E-state index is 0.374. The summed E-state index contributed by atoms with van der Waals surface area (Å²) in [6, 6.07) is 13.9. The van der Waals surface area contributed by atoms with E-state index in [-0.39, 0.29) is 5.82 Å². The Balaban J connectivity index is 2.42. The van der Waals surface area contributed by atoms with E-state index < -0.39 is 5.60 Å². The number of methoxy groups -OCH3 is 1. The average Bonchev–Trinajstić information content (AvgIpc) is 2.48. The molecule has 1 unspecified atom stereocenters. The summed E-state index contributed by atoms with van der Waals surface area (Å²) in [4.78, 5) is 0. The van der Waals surface area contributed by atoms with Crippen molar-refractivity contribution in [3.8, 4) is 5.75 Å². The first-order chi connectivity index (χ1) is 9.59. The van der Waals surface area contributed by atoms with Gasteiger partial charge in [0.25, 0.3) is 0 Å². The summed E-state index contributed by atoms with van der Waals surface area (Å²) in [6.45, 7) is 1.88. The van der Waals surface area contributed by atoms with Gasteiger partial charge in [-0.05, 0) is 30.2 Å². The number of halogens is 1. The molecule has 0 aromatic heterocycles. The molecular formula is C17H19FO2. The lowest BCUT2D eigenvalue weighted by atomic mass is 9.84. The molecule has 20 heavy (non-hydrogen) atoms. The Morgan fingerprint density at radius 1 is 1.15 bits per heavy atom. The molecule has 0 radical (unpaired) electrons. The number of benzene rings is 2. The van der Waals surface area contributed by atoms with E-state index in [2.05, 4.69) is 0 Å². The fourth-order valence-electron chi connectivity index (χ4n) is 2.39. The molecule has 0 saturated carbocycles. The lowest BCUT2D eigenvalue weighted by Gasteiger charge is -2.29. The molecule has 0 spiro atoms. The highest BCUT2D eigenvalue weighted by Crippen LogP contribution is 2.35. The molecule has 0 saturated heterocycles. The van der Waals surface area contributed by atoms with Crippen molar-refractivity contribution >= 4 is 0 Å². The number of hydrogen-bond donors (Lipinski definition) is 1. The van der Waals surface area contributed by atoms with Crippen molar-refractivity contribution in [1.82, 2.24) is 0 Å². The van der Waals surface area contributed by atoms with Crippen LogP contribution in [0.25, 0.3) is 0 Å². The summed E-state index contributed by atoms with van der Waals surface area (Å²) in [6.07, 6.45) is 0.895. The first-order valence-electron chi connectivity index (χ1n) is 6.69. The van der Waals surface area contributed by atoms with Gasteiger partial charge in [-0.15, -0.1) is 0 Å². The average molecular weight is 274 g/mol. The molecule has 0 aliphatic heterocycles. The standard InChI is InChI=1S/C17H19FO2/c1-3-17(19,12-13-7-5-4-6-8-13)15-11-14(18)9-10-16(15)20-2/h4-11,19H,3,12H2,1-2H3. The Bertz CT molecular complexity index is 568. The second-order valence-corrected chi connectivity index (χ2v) is 4.89. The van der Waals surface area contributed by atoms with Gasteiger partial charge in [0.2, 0.25) is 0 Å². The molecule has 0 fully saturated rings. The second-order valence-electron chi connectivity index (χ2n) is 4.89. The minimum atomic E-state index is -1.14. The van der Waals surface area contributed by atoms with Crippen LogP contribution < -0.4 is 4.74 Å². The fourth-order valence-corrected chi connectivity index (χ4v) is 2.39. The third kappa shape index (κ3) is 2.99. The lowest BCUT2D eigenvalue weighted by molar-refractivity contribution is 0.0300. The van der Waals surface area contributed by atoms with Crippen molar-refractivity contribution in [1.29, 1.82) is 0 Å². The SMILES string of the molecule is CCC(O)(Cc1ccccc1)c1cc(F)ccc1OC. The van der Waals surface area contributed by atoms with Gasteiger partial charge in [0.05, 0.1) is 12.7 Å². The second kappa shape index (κ2) is 6.06. The van der Waals surface area contributed by atoms with Gasteiger partial charge >= 0.3 is 0 Å². The van der Waals surface area contributed by atoms with E-state index in [0.29, 0.717) is 24.2 Å². The maximum absolute atomic E-state index is 13.5. The summed E-state index contributed by atoms with van der Waals surface area (Å²) in [5, 5.41) is 10.9. The van der Waals surface area contributed by atoms with E-state index >= 15 is 0 Å². The van der Waals surface area contributed by atoms with Crippen LogP contribution in [0.15, 0.2) is 48.5 Å². The molecule has 2 rings (SSSR count). The first-order valence-corrected chi connectivity index (χ1v) is 6.69. The van der Waals surface area contributed by atoms with Gasteiger partial charge in [0.15, 0.2) is 0 Å². The van der Waals surface area contributed by atoms with Gasteiger partial charge < -0.3 is 9.84 Å². The smallest absolute Gasteiger partial charge is 0.125 e. The maximum Gasteiger partial charge on any atom is 0.125 e. The molecule has 3 heteroatoms. The van der Waals surface area contributed by atoms with E-state index in [1.54, 1.807) is 6.07 Å². The summed E-state index contributed by atoms with van der Waals surface area (Å²) in [5.74, 6) is 0.132. The topological polar surface area (TPSA) is 29.5 Å². The first kappa shape index (κ1) is 14.5. The molecule has 2 aromatic carbocycles. The van der Waals surface area contributed by atoms with Gasteiger partial charge in [0, 0.05) is 12.0 Å². The largest absolute Gasteiger partial charge is 0.496 e. The Morgan fingerprint density at radius 2 is 1.85 bits per heavy atom. The molecule has 2 nitrogen and oxygen atoms in total. The van der Waals surface area contributed by atoms with E-state index in [4.69, 9.17) is 4.74 Å². The van der Waals surface area contributed by atoms with Crippen LogP contribution in [0.5, 0.6) is 5.75 Å². The molecule has 1 atom stereocenters. The van der Waals surface area contributed by atoms with Gasteiger partial charge in [-0.25, -0.2) is 4.39 Å². The molecule has 0 heterocycles. The molecule has 106 valence electrons. The normalized spacial score (nSPS) is 13.8. The van der Waals surface area contributed by atoms with E-state index in [9.17, 15) is 9.50 Å². The van der Waals surface area contributed by atoms with Crippen molar-refractivity contribution in [2.24, 2.45) is 0 Å². The third-order valence-corrected chi connectivity index (χ3v) is 3.59. The molecule has 1 N–H and O–H groups in total. The van der Waals surface area contributed by atoms with E-state index in [1.165, 1.54) is 19.2 Å². The highest BCUT2D eigenvalue weighted by atomic mass is 19.1. The van der Waals surface area contributed by atoms with Crippen LogP contribution in [0.1, 0.15) is 24.5 Å². The zero-order valence-electron chi connectivity index (χ0n) is 11.8. The highest BCUT2D eigenvalue weighted by molar-refractivity contribution is 5.39. The van der Waals surface area contributed by atoms with E-state index in [0.717, 1.165) is 5.56 Å². The molecule has 0 amide bonds. The number of hydrogen-bond acceptors (Lipinski definition) is 2. The van der Waals surface area contributed by atoms with Gasteiger partial charge in [-0.3, -0.25) is 0 Å². The van der Waals surface area contributed by atoms with Gasteiger partial charge in [-0.1, -0.05) is 37.3 Å². The van der Waals surface area contributed by atoms with Crippen molar-refractivity contribution in [3.05, 3.63) is 65.5 Å². The van der Waals surface area contributed by atoms with Crippen molar-refractivity contribution < 1.29 is 14.2 Å². The molecule has 0 bridgehead atoms. The van der Waals surface area contributed by atoms with Crippen molar-refractivity contribution in [2.45, 2.75) is 25.4 Å². The van der Waals surface area contributed by atoms with Crippen LogP contribution in [-0.2, 0) is 12.0 Å². The predicted octanol–water partition coefficient (Wildman–Crippen LogP) is 3.67.